The van der Waals surface area contributed by atoms with Crippen molar-refractivity contribution in [1.29, 1.82) is 0 Å². The Morgan fingerprint density at radius 3 is 3.04 bits per heavy atom. The minimum Gasteiger partial charge on any atom is -0.496 e. The molecule has 0 atom stereocenters. The minimum atomic E-state index is 0.684. The van der Waals surface area contributed by atoms with Crippen LogP contribution in [0, 0.1) is 0 Å². The lowest BCUT2D eigenvalue weighted by atomic mass is 10.1. The molecule has 7 nitrogen and oxygen atoms in total. The number of ether oxygens (including phenoxy) is 1. The summed E-state index contributed by atoms with van der Waals surface area (Å²) in [7, 11) is 1.66. The summed E-state index contributed by atoms with van der Waals surface area (Å²) >= 11 is 0. The number of hydrogen-bond donors (Lipinski definition) is 2. The third-order valence-electron chi connectivity index (χ3n) is 3.93. The summed E-state index contributed by atoms with van der Waals surface area (Å²) in [5.41, 5.74) is 3.56. The fraction of sp³-hybridized carbons (Fsp3) is 0.167. The van der Waals surface area contributed by atoms with Gasteiger partial charge < -0.3 is 10.1 Å². The molecular weight excluding hydrogens is 316 g/mol. The first-order valence-electron chi connectivity index (χ1n) is 7.89. The second-order valence-corrected chi connectivity index (χ2v) is 5.98. The van der Waals surface area contributed by atoms with Crippen LogP contribution in [0.5, 0.6) is 5.75 Å². The summed E-state index contributed by atoms with van der Waals surface area (Å²) in [4.78, 5) is 4.73. The topological polar surface area (TPSA) is 80.6 Å². The van der Waals surface area contributed by atoms with Crippen LogP contribution in [-0.2, 0) is 6.54 Å². The highest BCUT2D eigenvalue weighted by molar-refractivity contribution is 6.11. The summed E-state index contributed by atoms with van der Waals surface area (Å²) in [6.07, 6.45) is 5.48. The van der Waals surface area contributed by atoms with E-state index in [0.717, 1.165) is 38.8 Å². The molecule has 1 aromatic carbocycles. The molecule has 4 rings (SSSR count). The number of nitrogens with zero attached hydrogens (tertiary/aromatic N) is 4. The van der Waals surface area contributed by atoms with Crippen molar-refractivity contribution in [3.8, 4) is 5.75 Å². The lowest BCUT2D eigenvalue weighted by Crippen LogP contribution is -1.98. The lowest BCUT2D eigenvalue weighted by Gasteiger charge is -2.09. The van der Waals surface area contributed by atoms with Gasteiger partial charge in [-0.1, -0.05) is 18.2 Å². The van der Waals surface area contributed by atoms with Crippen LogP contribution in [0.1, 0.15) is 6.92 Å². The van der Waals surface area contributed by atoms with Gasteiger partial charge in [-0.25, -0.2) is 4.98 Å². The molecule has 0 spiro atoms. The highest BCUT2D eigenvalue weighted by atomic mass is 16.5. The van der Waals surface area contributed by atoms with Gasteiger partial charge in [0.1, 0.15) is 11.3 Å². The van der Waals surface area contributed by atoms with Crippen molar-refractivity contribution >= 4 is 33.3 Å². The lowest BCUT2D eigenvalue weighted by molar-refractivity contribution is 0.420. The Balaban J connectivity index is 1.80. The number of rotatable bonds is 5. The van der Waals surface area contributed by atoms with E-state index in [2.05, 4.69) is 27.2 Å². The Bertz CT molecular complexity index is 1080. The first kappa shape index (κ1) is 15.2. The average molecular weight is 334 g/mol. The fourth-order valence-electron chi connectivity index (χ4n) is 2.90. The quantitative estimate of drug-likeness (QED) is 0.545. The van der Waals surface area contributed by atoms with Gasteiger partial charge in [0.2, 0.25) is 0 Å². The molecule has 3 aromatic heterocycles. The molecule has 7 heteroatoms. The van der Waals surface area contributed by atoms with Crippen LogP contribution in [0.3, 0.4) is 0 Å². The van der Waals surface area contributed by atoms with Crippen LogP contribution in [-0.4, -0.2) is 32.1 Å². The number of hydrogen-bond acceptors (Lipinski definition) is 5. The van der Waals surface area contributed by atoms with Gasteiger partial charge >= 0.3 is 0 Å². The summed E-state index contributed by atoms with van der Waals surface area (Å²) < 4.78 is 7.31. The molecule has 0 amide bonds. The Kier molecular flexibility index (Phi) is 3.61. The van der Waals surface area contributed by atoms with Gasteiger partial charge in [-0.05, 0) is 19.1 Å². The Morgan fingerprint density at radius 2 is 2.24 bits per heavy atom. The number of benzene rings is 1. The highest BCUT2D eigenvalue weighted by Gasteiger charge is 2.14. The van der Waals surface area contributed by atoms with Crippen molar-refractivity contribution in [2.45, 2.75) is 13.5 Å². The number of aromatic amines is 1. The van der Waals surface area contributed by atoms with E-state index in [4.69, 9.17) is 9.72 Å². The zero-order chi connectivity index (χ0) is 17.4. The van der Waals surface area contributed by atoms with Crippen LogP contribution in [0.2, 0.25) is 0 Å². The number of methoxy groups -OCH3 is 1. The molecule has 3 heterocycles. The molecule has 0 aliphatic rings. The van der Waals surface area contributed by atoms with Crippen molar-refractivity contribution in [3.63, 3.8) is 0 Å². The molecule has 4 aromatic rings. The highest BCUT2D eigenvalue weighted by Crippen LogP contribution is 2.34. The number of H-pyrrole nitrogens is 1. The van der Waals surface area contributed by atoms with Crippen molar-refractivity contribution in [3.05, 3.63) is 48.9 Å². The predicted molar refractivity (Wildman–Crippen MR) is 98.3 cm³/mol. The van der Waals surface area contributed by atoms with Crippen LogP contribution >= 0.6 is 0 Å². The van der Waals surface area contributed by atoms with Crippen molar-refractivity contribution < 1.29 is 4.74 Å². The Labute approximate surface area is 144 Å². The molecule has 25 heavy (non-hydrogen) atoms. The fourth-order valence-corrected chi connectivity index (χ4v) is 2.90. The van der Waals surface area contributed by atoms with E-state index in [1.165, 1.54) is 0 Å². The maximum atomic E-state index is 5.48. The van der Waals surface area contributed by atoms with E-state index < -0.39 is 0 Å². The summed E-state index contributed by atoms with van der Waals surface area (Å²) in [5, 5.41) is 16.7. The Morgan fingerprint density at radius 1 is 1.36 bits per heavy atom. The summed E-state index contributed by atoms with van der Waals surface area (Å²) in [6, 6.07) is 5.81. The first-order valence-corrected chi connectivity index (χ1v) is 7.89. The third-order valence-corrected chi connectivity index (χ3v) is 3.93. The predicted octanol–water partition coefficient (Wildman–Crippen LogP) is 3.64. The van der Waals surface area contributed by atoms with Crippen molar-refractivity contribution in [2.24, 2.45) is 0 Å². The molecule has 0 aliphatic heterocycles. The average Bonchev–Trinajstić information content (AvgIpc) is 3.23. The number of anilines is 2. The smallest absolute Gasteiger partial charge is 0.157 e. The first-order chi connectivity index (χ1) is 12.2. The van der Waals surface area contributed by atoms with Crippen LogP contribution in [0.25, 0.3) is 21.8 Å². The van der Waals surface area contributed by atoms with Gasteiger partial charge in [-0.15, -0.1) is 0 Å². The number of pyridine rings is 1. The zero-order valence-electron chi connectivity index (χ0n) is 14.1. The van der Waals surface area contributed by atoms with Gasteiger partial charge in [0, 0.05) is 11.6 Å². The SMILES string of the molecule is C=C(C)Cn1cc(Nc2nc3cccc(OC)c3c3cn[nH]c23)cn1. The standard InChI is InChI=1S/C18H18N6O/c1-11(2)9-24-10-12(7-20-24)21-18-17-13(8-19-23-17)16-14(22-18)5-4-6-15(16)25-3/h4-8,10H,1,9H2,2-3H3,(H,19,23)(H,21,22). The van der Waals surface area contributed by atoms with E-state index in [0.29, 0.717) is 12.4 Å². The molecule has 0 saturated carbocycles. The zero-order valence-corrected chi connectivity index (χ0v) is 14.1. The van der Waals surface area contributed by atoms with Crippen LogP contribution in [0.15, 0.2) is 48.9 Å². The van der Waals surface area contributed by atoms with Crippen LogP contribution in [0.4, 0.5) is 11.5 Å². The second-order valence-electron chi connectivity index (χ2n) is 5.98. The maximum absolute atomic E-state index is 5.48. The minimum absolute atomic E-state index is 0.684. The van der Waals surface area contributed by atoms with Gasteiger partial charge in [-0.3, -0.25) is 9.78 Å². The summed E-state index contributed by atoms with van der Waals surface area (Å²) in [5.74, 6) is 1.47. The normalized spacial score (nSPS) is 11.1. The molecule has 0 unspecified atom stereocenters. The van der Waals surface area contributed by atoms with Crippen molar-refractivity contribution in [1.82, 2.24) is 25.0 Å². The molecule has 0 aliphatic carbocycles. The van der Waals surface area contributed by atoms with E-state index in [1.807, 2.05) is 36.0 Å². The molecule has 0 fully saturated rings. The number of nitrogens with one attached hydrogen (secondary N) is 2. The van der Waals surface area contributed by atoms with Crippen molar-refractivity contribution in [2.75, 3.05) is 12.4 Å². The number of fused-ring (bicyclic) bond motifs is 3. The van der Waals surface area contributed by atoms with Gasteiger partial charge in [0.15, 0.2) is 5.82 Å². The Hall–Kier alpha value is -3.35. The maximum Gasteiger partial charge on any atom is 0.157 e. The van der Waals surface area contributed by atoms with Crippen LogP contribution < -0.4 is 10.1 Å². The largest absolute Gasteiger partial charge is 0.496 e. The van der Waals surface area contributed by atoms with E-state index in [1.54, 1.807) is 19.5 Å². The molecule has 126 valence electrons. The van der Waals surface area contributed by atoms with Gasteiger partial charge in [0.05, 0.1) is 42.6 Å². The molecular formula is C18H18N6O. The molecule has 0 radical (unpaired) electrons. The third kappa shape index (κ3) is 2.69. The molecule has 0 bridgehead atoms. The molecule has 2 N–H and O–H groups in total. The van der Waals surface area contributed by atoms with E-state index in [9.17, 15) is 0 Å². The monoisotopic (exact) mass is 334 g/mol. The van der Waals surface area contributed by atoms with E-state index >= 15 is 0 Å². The second kappa shape index (κ2) is 5.94. The van der Waals surface area contributed by atoms with E-state index in [-0.39, 0.29) is 0 Å². The number of allylic oxidation sites excluding steroid dienone is 1. The van der Waals surface area contributed by atoms with Gasteiger partial charge in [-0.2, -0.15) is 10.2 Å². The van der Waals surface area contributed by atoms with Gasteiger partial charge in [0.25, 0.3) is 0 Å². The number of aromatic nitrogens is 5. The molecule has 0 saturated heterocycles. The summed E-state index contributed by atoms with van der Waals surface area (Å²) in [6.45, 7) is 6.57.